The molecule has 3 rings (SSSR count). The zero-order valence-corrected chi connectivity index (χ0v) is 11.4. The Morgan fingerprint density at radius 1 is 1.39 bits per heavy atom. The van der Waals surface area contributed by atoms with E-state index < -0.39 is 0 Å². The zero-order valence-electron chi connectivity index (χ0n) is 10.6. The highest BCUT2D eigenvalue weighted by atomic mass is 32.1. The molecule has 3 heteroatoms. The maximum Gasteiger partial charge on any atom is 0.0605 e. The number of pyridine rings is 1. The van der Waals surface area contributed by atoms with E-state index in [1.807, 2.05) is 23.6 Å². The van der Waals surface area contributed by atoms with Gasteiger partial charge in [0.2, 0.25) is 0 Å². The predicted molar refractivity (Wildman–Crippen MR) is 75.8 cm³/mol. The summed E-state index contributed by atoms with van der Waals surface area (Å²) in [4.78, 5) is 5.98. The summed E-state index contributed by atoms with van der Waals surface area (Å²) in [5, 5.41) is 5.86. The number of nitrogens with one attached hydrogen (secondary N) is 1. The van der Waals surface area contributed by atoms with Gasteiger partial charge in [0.15, 0.2) is 0 Å². The summed E-state index contributed by atoms with van der Waals surface area (Å²) in [6.07, 6.45) is 5.54. The van der Waals surface area contributed by atoms with Gasteiger partial charge >= 0.3 is 0 Å². The topological polar surface area (TPSA) is 24.9 Å². The van der Waals surface area contributed by atoms with E-state index in [4.69, 9.17) is 0 Å². The van der Waals surface area contributed by atoms with Crippen molar-refractivity contribution in [2.45, 2.75) is 38.3 Å². The van der Waals surface area contributed by atoms with E-state index in [9.17, 15) is 0 Å². The van der Waals surface area contributed by atoms with Crippen LogP contribution >= 0.6 is 11.3 Å². The van der Waals surface area contributed by atoms with E-state index in [0.717, 1.165) is 0 Å². The molecule has 0 amide bonds. The van der Waals surface area contributed by atoms with Gasteiger partial charge in [-0.3, -0.25) is 4.98 Å². The lowest BCUT2D eigenvalue weighted by Crippen LogP contribution is -2.28. The lowest BCUT2D eigenvalue weighted by atomic mass is 9.91. The van der Waals surface area contributed by atoms with Crippen LogP contribution in [0.3, 0.4) is 0 Å². The molecule has 2 heterocycles. The van der Waals surface area contributed by atoms with Crippen molar-refractivity contribution in [2.24, 2.45) is 0 Å². The third-order valence-electron chi connectivity index (χ3n) is 3.62. The molecule has 1 aliphatic rings. The average molecular weight is 258 g/mol. The van der Waals surface area contributed by atoms with Crippen molar-refractivity contribution in [3.05, 3.63) is 52.0 Å². The van der Waals surface area contributed by atoms with E-state index in [1.165, 1.54) is 35.4 Å². The first-order valence-corrected chi connectivity index (χ1v) is 7.46. The Morgan fingerprint density at radius 2 is 2.33 bits per heavy atom. The number of aryl methyl sites for hydroxylation is 1. The molecule has 1 unspecified atom stereocenters. The zero-order chi connectivity index (χ0) is 12.4. The molecule has 0 spiro atoms. The van der Waals surface area contributed by atoms with Gasteiger partial charge in [0.05, 0.1) is 11.7 Å². The van der Waals surface area contributed by atoms with E-state index in [2.05, 4.69) is 40.8 Å². The molecule has 0 saturated carbocycles. The van der Waals surface area contributed by atoms with E-state index in [-0.39, 0.29) is 0 Å². The molecule has 0 radical (unpaired) electrons. The minimum Gasteiger partial charge on any atom is -0.301 e. The van der Waals surface area contributed by atoms with Crippen molar-refractivity contribution < 1.29 is 0 Å². The first-order valence-electron chi connectivity index (χ1n) is 6.58. The van der Waals surface area contributed by atoms with Crippen molar-refractivity contribution in [3.63, 3.8) is 0 Å². The highest BCUT2D eigenvalue weighted by molar-refractivity contribution is 7.10. The fourth-order valence-corrected chi connectivity index (χ4v) is 3.44. The Morgan fingerprint density at radius 3 is 3.17 bits per heavy atom. The smallest absolute Gasteiger partial charge is 0.0605 e. The average Bonchev–Trinajstić information content (AvgIpc) is 2.93. The molecule has 94 valence electrons. The molecule has 2 atom stereocenters. The molecule has 0 saturated heterocycles. The lowest BCUT2D eigenvalue weighted by Gasteiger charge is -2.27. The third kappa shape index (κ3) is 2.33. The van der Waals surface area contributed by atoms with Gasteiger partial charge in [-0.2, -0.15) is 0 Å². The predicted octanol–water partition coefficient (Wildman–Crippen LogP) is 3.87. The van der Waals surface area contributed by atoms with Gasteiger partial charge in [0, 0.05) is 17.1 Å². The first kappa shape index (κ1) is 11.9. The summed E-state index contributed by atoms with van der Waals surface area (Å²) in [7, 11) is 0. The SMILES string of the molecule is C[C@H](NC1CCCc2cccnc21)c1cccs1. The van der Waals surface area contributed by atoms with Gasteiger partial charge in [0.25, 0.3) is 0 Å². The highest BCUT2D eigenvalue weighted by Crippen LogP contribution is 2.30. The van der Waals surface area contributed by atoms with E-state index in [1.54, 1.807) is 0 Å². The second kappa shape index (κ2) is 5.21. The normalized spacial score (nSPS) is 20.4. The van der Waals surface area contributed by atoms with Crippen LogP contribution in [0.25, 0.3) is 0 Å². The summed E-state index contributed by atoms with van der Waals surface area (Å²) in [5.41, 5.74) is 2.67. The molecule has 0 fully saturated rings. The number of hydrogen-bond acceptors (Lipinski definition) is 3. The summed E-state index contributed by atoms with van der Waals surface area (Å²) < 4.78 is 0. The summed E-state index contributed by atoms with van der Waals surface area (Å²) in [5.74, 6) is 0. The van der Waals surface area contributed by atoms with Crippen LogP contribution in [0.4, 0.5) is 0 Å². The van der Waals surface area contributed by atoms with Crippen molar-refractivity contribution in [1.29, 1.82) is 0 Å². The molecule has 1 aliphatic carbocycles. The second-order valence-corrected chi connectivity index (χ2v) is 5.88. The molecule has 2 nitrogen and oxygen atoms in total. The number of nitrogens with zero attached hydrogens (tertiary/aromatic N) is 1. The second-order valence-electron chi connectivity index (χ2n) is 4.90. The first-order chi connectivity index (χ1) is 8.84. The standard InChI is InChI=1S/C15H18N2S/c1-11(14-8-4-10-18-14)17-13-7-2-5-12-6-3-9-16-15(12)13/h3-4,6,8-11,13,17H,2,5,7H2,1H3/t11-,13?/m0/s1. The van der Waals surface area contributed by atoms with Gasteiger partial charge in [-0.1, -0.05) is 12.1 Å². The van der Waals surface area contributed by atoms with Crippen LogP contribution in [-0.2, 0) is 6.42 Å². The molecule has 2 aromatic heterocycles. The third-order valence-corrected chi connectivity index (χ3v) is 4.67. The Hall–Kier alpha value is -1.19. The van der Waals surface area contributed by atoms with Crippen molar-refractivity contribution >= 4 is 11.3 Å². The molecule has 1 N–H and O–H groups in total. The van der Waals surface area contributed by atoms with Crippen LogP contribution in [0.5, 0.6) is 0 Å². The molecular formula is C15H18N2S. The fourth-order valence-electron chi connectivity index (χ4n) is 2.69. The monoisotopic (exact) mass is 258 g/mol. The lowest BCUT2D eigenvalue weighted by molar-refractivity contribution is 0.409. The summed E-state index contributed by atoms with van der Waals surface area (Å²) in [6.45, 7) is 2.24. The van der Waals surface area contributed by atoms with Gasteiger partial charge in [-0.15, -0.1) is 11.3 Å². The minimum absolute atomic E-state index is 0.406. The Labute approximate surface area is 112 Å². The number of hydrogen-bond donors (Lipinski definition) is 1. The van der Waals surface area contributed by atoms with Gasteiger partial charge in [-0.25, -0.2) is 0 Å². The quantitative estimate of drug-likeness (QED) is 0.904. The van der Waals surface area contributed by atoms with Crippen molar-refractivity contribution in [2.75, 3.05) is 0 Å². The van der Waals surface area contributed by atoms with Crippen LogP contribution in [0.2, 0.25) is 0 Å². The number of aromatic nitrogens is 1. The number of rotatable bonds is 3. The van der Waals surface area contributed by atoms with Gasteiger partial charge < -0.3 is 5.32 Å². The van der Waals surface area contributed by atoms with Crippen LogP contribution in [0.15, 0.2) is 35.8 Å². The fraction of sp³-hybridized carbons (Fsp3) is 0.400. The maximum atomic E-state index is 4.58. The van der Waals surface area contributed by atoms with Crippen molar-refractivity contribution in [1.82, 2.24) is 10.3 Å². The maximum absolute atomic E-state index is 4.58. The van der Waals surface area contributed by atoms with Crippen molar-refractivity contribution in [3.8, 4) is 0 Å². The molecule has 0 bridgehead atoms. The summed E-state index contributed by atoms with van der Waals surface area (Å²) in [6, 6.07) is 9.39. The van der Waals surface area contributed by atoms with Gasteiger partial charge in [0.1, 0.15) is 0 Å². The minimum atomic E-state index is 0.406. The van der Waals surface area contributed by atoms with Crippen LogP contribution in [0, 0.1) is 0 Å². The Balaban J connectivity index is 1.78. The molecule has 2 aromatic rings. The van der Waals surface area contributed by atoms with Crippen LogP contribution < -0.4 is 5.32 Å². The van der Waals surface area contributed by atoms with Crippen LogP contribution in [-0.4, -0.2) is 4.98 Å². The number of thiophene rings is 1. The molecular weight excluding hydrogens is 240 g/mol. The molecule has 0 aliphatic heterocycles. The number of fused-ring (bicyclic) bond motifs is 1. The van der Waals surface area contributed by atoms with E-state index >= 15 is 0 Å². The van der Waals surface area contributed by atoms with Crippen LogP contribution in [0.1, 0.15) is 48.0 Å². The van der Waals surface area contributed by atoms with Gasteiger partial charge in [-0.05, 0) is 49.3 Å². The molecule has 18 heavy (non-hydrogen) atoms. The largest absolute Gasteiger partial charge is 0.301 e. The Kier molecular flexibility index (Phi) is 3.43. The Bertz CT molecular complexity index is 507. The summed E-state index contributed by atoms with van der Waals surface area (Å²) >= 11 is 1.82. The van der Waals surface area contributed by atoms with E-state index in [0.29, 0.717) is 12.1 Å². The molecule has 0 aromatic carbocycles. The highest BCUT2D eigenvalue weighted by Gasteiger charge is 2.22.